The fourth-order valence-corrected chi connectivity index (χ4v) is 5.06. The average Bonchev–Trinajstić information content (AvgIpc) is 3.33. The lowest BCUT2D eigenvalue weighted by atomic mass is 9.77. The first-order valence-electron chi connectivity index (χ1n) is 12.3. The molecule has 0 bridgehead atoms. The third kappa shape index (κ3) is 5.37. The number of hydrazone groups is 1. The minimum Gasteiger partial charge on any atom is -0.481 e. The molecule has 1 aliphatic heterocycles. The van der Waals surface area contributed by atoms with Crippen molar-refractivity contribution in [2.45, 2.75) is 25.3 Å². The Labute approximate surface area is 222 Å². The fourth-order valence-electron chi connectivity index (χ4n) is 5.06. The van der Waals surface area contributed by atoms with Gasteiger partial charge in [0.15, 0.2) is 18.2 Å². The first-order valence-corrected chi connectivity index (χ1v) is 12.3. The van der Waals surface area contributed by atoms with Gasteiger partial charge in [0.2, 0.25) is 0 Å². The number of non-ortho nitro benzene ring substituents is 2. The number of nitro groups is 2. The topological polar surface area (TPSA) is 128 Å². The summed E-state index contributed by atoms with van der Waals surface area (Å²) < 4.78 is 19.5. The van der Waals surface area contributed by atoms with E-state index >= 15 is 0 Å². The summed E-state index contributed by atoms with van der Waals surface area (Å²) in [5, 5.41) is 28.6. The third-order valence-corrected chi connectivity index (χ3v) is 6.79. The van der Waals surface area contributed by atoms with Crippen molar-refractivity contribution in [2.24, 2.45) is 11.0 Å². The summed E-state index contributed by atoms with van der Waals surface area (Å²) >= 11 is 0. The molecular formula is C28H23FN4O6. The van der Waals surface area contributed by atoms with Crippen LogP contribution in [0.2, 0.25) is 0 Å². The van der Waals surface area contributed by atoms with Crippen molar-refractivity contribution in [3.8, 4) is 5.75 Å². The number of rotatable bonds is 7. The Kier molecular flexibility index (Phi) is 7.13. The lowest BCUT2D eigenvalue weighted by molar-refractivity contribution is -0.385. The molecule has 1 fully saturated rings. The second-order valence-electron chi connectivity index (χ2n) is 9.26. The number of benzene rings is 3. The molecule has 1 amide bonds. The molecule has 2 aliphatic rings. The molecule has 3 aromatic rings. The Bertz CT molecular complexity index is 1520. The quantitative estimate of drug-likeness (QED) is 0.279. The first-order chi connectivity index (χ1) is 18.8. The Morgan fingerprint density at radius 3 is 2.49 bits per heavy atom. The van der Waals surface area contributed by atoms with Crippen LogP contribution in [0.5, 0.6) is 5.75 Å². The minimum absolute atomic E-state index is 0.0401. The van der Waals surface area contributed by atoms with Gasteiger partial charge in [0, 0.05) is 30.2 Å². The zero-order valence-corrected chi connectivity index (χ0v) is 20.6. The minimum atomic E-state index is -0.634. The highest BCUT2D eigenvalue weighted by Crippen LogP contribution is 2.45. The van der Waals surface area contributed by atoms with Gasteiger partial charge in [-0.1, -0.05) is 36.4 Å². The lowest BCUT2D eigenvalue weighted by Gasteiger charge is -2.29. The second-order valence-corrected chi connectivity index (χ2v) is 9.26. The number of allylic oxidation sites excluding steroid dienone is 1. The molecule has 0 N–H and O–H groups in total. The van der Waals surface area contributed by atoms with Crippen LogP contribution in [0.1, 0.15) is 36.4 Å². The molecule has 2 atom stereocenters. The van der Waals surface area contributed by atoms with E-state index in [1.165, 1.54) is 47.5 Å². The molecule has 10 nitrogen and oxygen atoms in total. The molecular weight excluding hydrogens is 507 g/mol. The van der Waals surface area contributed by atoms with Gasteiger partial charge in [0.1, 0.15) is 0 Å². The summed E-state index contributed by atoms with van der Waals surface area (Å²) in [6.07, 6.45) is 3.92. The smallest absolute Gasteiger partial charge is 0.281 e. The normalized spacial score (nSPS) is 19.4. The van der Waals surface area contributed by atoms with E-state index in [4.69, 9.17) is 4.74 Å². The van der Waals surface area contributed by atoms with Crippen molar-refractivity contribution >= 4 is 29.1 Å². The van der Waals surface area contributed by atoms with E-state index in [-0.39, 0.29) is 23.0 Å². The monoisotopic (exact) mass is 530 g/mol. The maximum Gasteiger partial charge on any atom is 0.281 e. The van der Waals surface area contributed by atoms with Gasteiger partial charge < -0.3 is 4.74 Å². The third-order valence-electron chi connectivity index (χ3n) is 6.79. The molecule has 3 aromatic carbocycles. The van der Waals surface area contributed by atoms with Crippen molar-refractivity contribution in [1.29, 1.82) is 0 Å². The van der Waals surface area contributed by atoms with Crippen LogP contribution in [-0.4, -0.2) is 33.1 Å². The number of hydrogen-bond donors (Lipinski definition) is 0. The molecule has 1 aliphatic carbocycles. The molecule has 2 unspecified atom stereocenters. The van der Waals surface area contributed by atoms with Gasteiger partial charge in [-0.15, -0.1) is 0 Å². The van der Waals surface area contributed by atoms with E-state index in [9.17, 15) is 29.4 Å². The second kappa shape index (κ2) is 10.8. The molecule has 5 rings (SSSR count). The summed E-state index contributed by atoms with van der Waals surface area (Å²) in [6.45, 7) is -0.486. The molecule has 0 radical (unpaired) electrons. The predicted octanol–water partition coefficient (Wildman–Crippen LogP) is 5.84. The number of hydrogen-bond acceptors (Lipinski definition) is 7. The first kappa shape index (κ1) is 25.7. The summed E-state index contributed by atoms with van der Waals surface area (Å²) in [5.74, 6) is -1.48. The Morgan fingerprint density at radius 1 is 1.03 bits per heavy atom. The highest BCUT2D eigenvalue weighted by atomic mass is 19.1. The van der Waals surface area contributed by atoms with E-state index in [0.29, 0.717) is 29.7 Å². The largest absolute Gasteiger partial charge is 0.481 e. The van der Waals surface area contributed by atoms with Crippen molar-refractivity contribution in [2.75, 3.05) is 6.61 Å². The van der Waals surface area contributed by atoms with Gasteiger partial charge in [0.25, 0.3) is 17.3 Å². The zero-order chi connectivity index (χ0) is 27.5. The van der Waals surface area contributed by atoms with Crippen molar-refractivity contribution in [3.63, 3.8) is 0 Å². The number of nitro benzene ring substituents is 2. The van der Waals surface area contributed by atoms with E-state index in [1.54, 1.807) is 30.3 Å². The maximum atomic E-state index is 14.1. The molecule has 0 saturated heterocycles. The molecule has 11 heteroatoms. The Hall–Kier alpha value is -4.93. The van der Waals surface area contributed by atoms with Gasteiger partial charge in [-0.3, -0.25) is 25.0 Å². The number of carbonyl (C=O) groups excluding carboxylic acids is 1. The predicted molar refractivity (Wildman–Crippen MR) is 140 cm³/mol. The average molecular weight is 531 g/mol. The number of fused-ring (bicyclic) bond motifs is 1. The van der Waals surface area contributed by atoms with Crippen molar-refractivity contribution < 1.29 is 23.8 Å². The Balaban J connectivity index is 1.51. The van der Waals surface area contributed by atoms with E-state index in [1.807, 2.05) is 6.08 Å². The number of halogens is 1. The van der Waals surface area contributed by atoms with Gasteiger partial charge in [-0.25, -0.2) is 9.40 Å². The van der Waals surface area contributed by atoms with E-state index in [2.05, 4.69) is 5.10 Å². The van der Waals surface area contributed by atoms with Gasteiger partial charge in [-0.2, -0.15) is 5.10 Å². The van der Waals surface area contributed by atoms with Crippen LogP contribution in [0.25, 0.3) is 6.08 Å². The zero-order valence-electron chi connectivity index (χ0n) is 20.6. The molecule has 1 saturated carbocycles. The van der Waals surface area contributed by atoms with E-state index < -0.39 is 34.2 Å². The van der Waals surface area contributed by atoms with Gasteiger partial charge in [-0.05, 0) is 54.2 Å². The summed E-state index contributed by atoms with van der Waals surface area (Å²) in [5.41, 5.74) is 2.49. The number of ether oxygens (including phenoxy) is 1. The van der Waals surface area contributed by atoms with Gasteiger partial charge >= 0.3 is 0 Å². The van der Waals surface area contributed by atoms with Crippen LogP contribution in [0.15, 0.2) is 83.5 Å². The molecule has 39 heavy (non-hydrogen) atoms. The highest BCUT2D eigenvalue weighted by molar-refractivity contribution is 6.08. The number of para-hydroxylation sites is 1. The van der Waals surface area contributed by atoms with Crippen LogP contribution < -0.4 is 4.74 Å². The van der Waals surface area contributed by atoms with Crippen LogP contribution in [0.3, 0.4) is 0 Å². The molecule has 1 heterocycles. The van der Waals surface area contributed by atoms with Crippen LogP contribution in [-0.2, 0) is 4.79 Å². The SMILES string of the molecule is O=C(COc1ccccc1F)N1N=C2/C(=C/c3cccc([N+](=O)[O-])c3)CCCC2C1c1cccc([N+](=O)[O-])c1. The number of nitrogens with zero attached hydrogens (tertiary/aromatic N) is 4. The Morgan fingerprint density at radius 2 is 1.74 bits per heavy atom. The number of amides is 1. The highest BCUT2D eigenvalue weighted by Gasteiger charge is 2.44. The molecule has 0 spiro atoms. The molecule has 198 valence electrons. The summed E-state index contributed by atoms with van der Waals surface area (Å²) in [6, 6.07) is 17.4. The maximum absolute atomic E-state index is 14.1. The van der Waals surface area contributed by atoms with Crippen LogP contribution >= 0.6 is 0 Å². The fraction of sp³-hybridized carbons (Fsp3) is 0.214. The molecule has 0 aromatic heterocycles. The standard InChI is InChI=1S/C28H23FN4O6/c29-24-12-1-2-13-25(24)39-17-26(34)31-28(20-8-4-10-22(16-20)33(37)38)23-11-5-7-19(27(23)30-31)14-18-6-3-9-21(15-18)32(35)36/h1-4,6,8-10,12-16,23,28H,5,7,11,17H2/b19-14+. The van der Waals surface area contributed by atoms with E-state index in [0.717, 1.165) is 12.0 Å². The lowest BCUT2D eigenvalue weighted by Crippen LogP contribution is -2.34. The van der Waals surface area contributed by atoms with Crippen molar-refractivity contribution in [1.82, 2.24) is 5.01 Å². The summed E-state index contributed by atoms with van der Waals surface area (Å²) in [4.78, 5) is 35.2. The number of carbonyl (C=O) groups is 1. The van der Waals surface area contributed by atoms with Crippen LogP contribution in [0, 0.1) is 32.0 Å². The van der Waals surface area contributed by atoms with Crippen molar-refractivity contribution in [3.05, 3.63) is 116 Å². The van der Waals surface area contributed by atoms with Gasteiger partial charge in [0.05, 0.1) is 21.6 Å². The van der Waals surface area contributed by atoms with Crippen LogP contribution in [0.4, 0.5) is 15.8 Å². The summed E-state index contributed by atoms with van der Waals surface area (Å²) in [7, 11) is 0.